The van der Waals surface area contributed by atoms with Gasteiger partial charge in [-0.25, -0.2) is 14.4 Å². The average Bonchev–Trinajstić information content (AvgIpc) is 3.30. The van der Waals surface area contributed by atoms with Gasteiger partial charge >= 0.3 is 18.0 Å². The van der Waals surface area contributed by atoms with Gasteiger partial charge in [0.2, 0.25) is 0 Å². The van der Waals surface area contributed by atoms with Crippen LogP contribution in [0.2, 0.25) is 0 Å². The zero-order chi connectivity index (χ0) is 24.8. The Morgan fingerprint density at radius 3 is 2.74 bits per heavy atom. The van der Waals surface area contributed by atoms with Crippen LogP contribution in [-0.2, 0) is 9.53 Å². The molecule has 34 heavy (non-hydrogen) atoms. The number of hydrogen-bond acceptors (Lipinski definition) is 6. The summed E-state index contributed by atoms with van der Waals surface area (Å²) >= 11 is 1.51. The molecule has 2 aliphatic heterocycles. The molecule has 186 valence electrons. The summed E-state index contributed by atoms with van der Waals surface area (Å²) in [6, 6.07) is 1.03. The van der Waals surface area contributed by atoms with E-state index in [0.717, 1.165) is 5.56 Å². The third-order valence-corrected chi connectivity index (χ3v) is 6.58. The number of hydrogen-bond donors (Lipinski definition) is 2. The number of thiophene rings is 1. The number of nitrogens with one attached hydrogen (secondary N) is 2. The quantitative estimate of drug-likeness (QED) is 0.433. The predicted molar refractivity (Wildman–Crippen MR) is 132 cm³/mol. The molecule has 3 rings (SSSR count). The minimum atomic E-state index is -0.579. The molecular weight excluding hydrogens is 454 g/mol. The molecule has 9 nitrogen and oxygen atoms in total. The van der Waals surface area contributed by atoms with Crippen molar-refractivity contribution in [1.29, 1.82) is 0 Å². The van der Waals surface area contributed by atoms with Gasteiger partial charge in [-0.15, -0.1) is 6.58 Å². The largest absolute Gasteiger partial charge is 0.463 e. The Balaban J connectivity index is 1.92. The fourth-order valence-corrected chi connectivity index (χ4v) is 5.04. The van der Waals surface area contributed by atoms with Crippen molar-refractivity contribution in [2.24, 2.45) is 0 Å². The third kappa shape index (κ3) is 5.79. The molecule has 3 heterocycles. The molecule has 10 heteroatoms. The van der Waals surface area contributed by atoms with E-state index in [9.17, 15) is 14.4 Å². The Kier molecular flexibility index (Phi) is 8.73. The molecule has 2 N–H and O–H groups in total. The second kappa shape index (κ2) is 11.5. The fourth-order valence-electron chi connectivity index (χ4n) is 4.35. The standard InChI is InChI=1S/C24H35N5O4S/c1-6-9-29-19(14-27-10-11-28(17(5)13-27)23(31)25-16(3)4)20(22(30)33-7-2)21(26-24(29)32)18-8-12-34-15-18/h6,8,12,15-17,21H,1,7,9-11,13-14H2,2-5H3,(H,25,31)(H,26,32)/t17-,21-/m1/s1. The van der Waals surface area contributed by atoms with E-state index in [-0.39, 0.29) is 37.3 Å². The minimum Gasteiger partial charge on any atom is -0.463 e. The lowest BCUT2D eigenvalue weighted by Crippen LogP contribution is -2.58. The number of carbonyl (C=O) groups is 3. The predicted octanol–water partition coefficient (Wildman–Crippen LogP) is 2.94. The topological polar surface area (TPSA) is 94.2 Å². The number of carbonyl (C=O) groups excluding carboxylic acids is 3. The van der Waals surface area contributed by atoms with Gasteiger partial charge in [0.25, 0.3) is 0 Å². The molecule has 0 radical (unpaired) electrons. The van der Waals surface area contributed by atoms with E-state index in [0.29, 0.717) is 37.4 Å². The molecule has 0 saturated carbocycles. The Labute approximate surface area is 205 Å². The van der Waals surface area contributed by atoms with E-state index < -0.39 is 12.0 Å². The van der Waals surface area contributed by atoms with Gasteiger partial charge in [0.05, 0.1) is 18.2 Å². The Morgan fingerprint density at radius 2 is 2.15 bits per heavy atom. The van der Waals surface area contributed by atoms with Crippen LogP contribution < -0.4 is 10.6 Å². The van der Waals surface area contributed by atoms with Crippen molar-refractivity contribution in [2.45, 2.75) is 45.8 Å². The van der Waals surface area contributed by atoms with Crippen LogP contribution in [-0.4, -0.2) is 84.1 Å². The smallest absolute Gasteiger partial charge is 0.338 e. The highest BCUT2D eigenvalue weighted by Crippen LogP contribution is 2.33. The number of nitrogens with zero attached hydrogens (tertiary/aromatic N) is 3. The van der Waals surface area contributed by atoms with Gasteiger partial charge in [-0.1, -0.05) is 6.08 Å². The highest BCUT2D eigenvalue weighted by atomic mass is 32.1. The summed E-state index contributed by atoms with van der Waals surface area (Å²) in [6.07, 6.45) is 1.64. The molecule has 4 amide bonds. The fraction of sp³-hybridized carbons (Fsp3) is 0.542. The molecule has 2 atom stereocenters. The summed E-state index contributed by atoms with van der Waals surface area (Å²) < 4.78 is 5.42. The summed E-state index contributed by atoms with van der Waals surface area (Å²) in [7, 11) is 0. The van der Waals surface area contributed by atoms with Gasteiger partial charge in [0.1, 0.15) is 0 Å². The number of esters is 1. The monoisotopic (exact) mass is 489 g/mol. The van der Waals surface area contributed by atoms with Crippen LogP contribution in [0.4, 0.5) is 9.59 Å². The number of urea groups is 2. The SMILES string of the molecule is C=CCN1C(=O)N[C@H](c2ccsc2)C(C(=O)OCC)=C1CN1CCN(C(=O)NC(C)C)[C@H](C)C1. The number of rotatable bonds is 8. The third-order valence-electron chi connectivity index (χ3n) is 5.88. The number of amides is 4. The molecule has 0 aromatic carbocycles. The van der Waals surface area contributed by atoms with Gasteiger partial charge in [-0.05, 0) is 50.1 Å². The van der Waals surface area contributed by atoms with Crippen molar-refractivity contribution in [3.05, 3.63) is 46.3 Å². The first-order valence-electron chi connectivity index (χ1n) is 11.7. The van der Waals surface area contributed by atoms with Crippen LogP contribution in [0.25, 0.3) is 0 Å². The molecule has 0 spiro atoms. The highest BCUT2D eigenvalue weighted by Gasteiger charge is 2.39. The van der Waals surface area contributed by atoms with Gasteiger partial charge in [0.15, 0.2) is 0 Å². The Morgan fingerprint density at radius 1 is 1.38 bits per heavy atom. The molecule has 1 saturated heterocycles. The molecule has 1 aromatic heterocycles. The molecule has 0 unspecified atom stereocenters. The zero-order valence-corrected chi connectivity index (χ0v) is 21.2. The van der Waals surface area contributed by atoms with Gasteiger partial charge < -0.3 is 20.3 Å². The number of ether oxygens (including phenoxy) is 1. The zero-order valence-electron chi connectivity index (χ0n) is 20.4. The van der Waals surface area contributed by atoms with E-state index in [1.54, 1.807) is 17.9 Å². The molecular formula is C24H35N5O4S. The van der Waals surface area contributed by atoms with Crippen molar-refractivity contribution in [3.8, 4) is 0 Å². The van der Waals surface area contributed by atoms with Crippen LogP contribution in [0.3, 0.4) is 0 Å². The maximum Gasteiger partial charge on any atom is 0.338 e. The average molecular weight is 490 g/mol. The van der Waals surface area contributed by atoms with Crippen molar-refractivity contribution >= 4 is 29.4 Å². The Bertz CT molecular complexity index is 930. The van der Waals surface area contributed by atoms with E-state index in [1.165, 1.54) is 11.3 Å². The van der Waals surface area contributed by atoms with E-state index in [4.69, 9.17) is 4.74 Å². The van der Waals surface area contributed by atoms with Gasteiger partial charge in [-0.2, -0.15) is 11.3 Å². The van der Waals surface area contributed by atoms with Crippen molar-refractivity contribution in [3.63, 3.8) is 0 Å². The van der Waals surface area contributed by atoms with Gasteiger partial charge in [-0.3, -0.25) is 9.80 Å². The first kappa shape index (κ1) is 25.8. The molecule has 1 aromatic rings. The lowest BCUT2D eigenvalue weighted by atomic mass is 9.95. The summed E-state index contributed by atoms with van der Waals surface area (Å²) in [6.45, 7) is 14.1. The van der Waals surface area contributed by atoms with Crippen molar-refractivity contribution in [1.82, 2.24) is 25.3 Å². The molecule has 2 aliphatic rings. The Hall–Kier alpha value is -2.85. The van der Waals surface area contributed by atoms with Crippen molar-refractivity contribution < 1.29 is 19.1 Å². The normalized spacial score (nSPS) is 21.5. The first-order valence-corrected chi connectivity index (χ1v) is 12.6. The molecule has 1 fully saturated rings. The van der Waals surface area contributed by atoms with Crippen LogP contribution in [0.15, 0.2) is 40.8 Å². The van der Waals surface area contributed by atoms with Crippen LogP contribution in [0.5, 0.6) is 0 Å². The first-order chi connectivity index (χ1) is 16.3. The summed E-state index contributed by atoms with van der Waals surface area (Å²) in [5.74, 6) is -0.439. The number of piperazine rings is 1. The van der Waals surface area contributed by atoms with E-state index in [1.807, 2.05) is 42.5 Å². The maximum atomic E-state index is 13.2. The van der Waals surface area contributed by atoms with Crippen LogP contribution in [0, 0.1) is 0 Å². The lowest BCUT2D eigenvalue weighted by molar-refractivity contribution is -0.139. The van der Waals surface area contributed by atoms with Crippen LogP contribution >= 0.6 is 11.3 Å². The second-order valence-corrected chi connectivity index (χ2v) is 9.58. The minimum absolute atomic E-state index is 0.0166. The second-order valence-electron chi connectivity index (χ2n) is 8.80. The molecule has 0 aliphatic carbocycles. The summed E-state index contributed by atoms with van der Waals surface area (Å²) in [5.41, 5.74) is 1.90. The maximum absolute atomic E-state index is 13.2. The van der Waals surface area contributed by atoms with Crippen LogP contribution in [0.1, 0.15) is 39.3 Å². The van der Waals surface area contributed by atoms with E-state index in [2.05, 4.69) is 22.1 Å². The van der Waals surface area contributed by atoms with Crippen molar-refractivity contribution in [2.75, 3.05) is 39.3 Å². The summed E-state index contributed by atoms with van der Waals surface area (Å²) in [5, 5.41) is 9.77. The molecule has 0 bridgehead atoms. The lowest BCUT2D eigenvalue weighted by Gasteiger charge is -2.42. The van der Waals surface area contributed by atoms with E-state index >= 15 is 0 Å². The summed E-state index contributed by atoms with van der Waals surface area (Å²) in [4.78, 5) is 44.4. The van der Waals surface area contributed by atoms with Gasteiger partial charge in [0, 0.05) is 50.5 Å². The highest BCUT2D eigenvalue weighted by molar-refractivity contribution is 7.08.